The van der Waals surface area contributed by atoms with Crippen LogP contribution in [0.5, 0.6) is 0 Å². The molecule has 0 heterocycles. The second-order valence-electron chi connectivity index (χ2n) is 7.52. The predicted molar refractivity (Wildman–Crippen MR) is 126 cm³/mol. The molecule has 0 amide bonds. The largest absolute Gasteiger partial charge is 0.463 e. The zero-order valence-corrected chi connectivity index (χ0v) is 20.7. The first-order valence-electron chi connectivity index (χ1n) is 11.9. The highest BCUT2D eigenvalue weighted by atomic mass is 32.2. The van der Waals surface area contributed by atoms with Crippen molar-refractivity contribution in [1.29, 1.82) is 0 Å². The summed E-state index contributed by atoms with van der Waals surface area (Å²) in [5.41, 5.74) is 0. The lowest BCUT2D eigenvalue weighted by atomic mass is 10.1. The van der Waals surface area contributed by atoms with Gasteiger partial charge >= 0.3 is 5.97 Å². The van der Waals surface area contributed by atoms with E-state index in [9.17, 15) is 13.2 Å². The van der Waals surface area contributed by atoms with Crippen molar-refractivity contribution in [2.24, 2.45) is 0 Å². The number of carbonyl (C=O) groups excluding carboxylic acids is 1. The first-order valence-corrected chi connectivity index (χ1v) is 13.3. The Hall–Kier alpha value is -1.52. The minimum absolute atomic E-state index is 0.0575. The molecule has 0 saturated carbocycles. The fourth-order valence-electron chi connectivity index (χ4n) is 2.91. The molecule has 0 aliphatic rings. The Morgan fingerprint density at radius 1 is 0.697 bits per heavy atom. The lowest BCUT2D eigenvalue weighted by molar-refractivity contribution is -0.145. The Kier molecular flexibility index (Phi) is 17.8. The fourth-order valence-corrected chi connectivity index (χ4v) is 3.83. The molecule has 0 spiro atoms. The third-order valence-corrected chi connectivity index (χ3v) is 6.04. The molecule has 33 heavy (non-hydrogen) atoms. The summed E-state index contributed by atoms with van der Waals surface area (Å²) in [6.07, 6.45) is 8.69. The Labute approximate surface area is 199 Å². The van der Waals surface area contributed by atoms with Crippen molar-refractivity contribution in [3.05, 3.63) is 30.3 Å². The standard InChI is InChI=1S/C24H40O8S/c1-2-3-4-5-6-7-11-14-24(25)31-21-19-29-17-15-28-16-18-30-20-22-32-33(26,27)23-12-9-8-10-13-23/h8-10,12-13H,2-7,11,14-22H2,1H3. The van der Waals surface area contributed by atoms with Crippen LogP contribution in [0.1, 0.15) is 58.3 Å². The van der Waals surface area contributed by atoms with Gasteiger partial charge in [-0.05, 0) is 18.6 Å². The van der Waals surface area contributed by atoms with Crippen LogP contribution in [0.3, 0.4) is 0 Å². The highest BCUT2D eigenvalue weighted by molar-refractivity contribution is 7.86. The number of esters is 1. The monoisotopic (exact) mass is 488 g/mol. The zero-order chi connectivity index (χ0) is 24.0. The first kappa shape index (κ1) is 29.5. The maximum Gasteiger partial charge on any atom is 0.305 e. The Balaban J connectivity index is 1.82. The van der Waals surface area contributed by atoms with Crippen LogP contribution in [0.15, 0.2) is 35.2 Å². The van der Waals surface area contributed by atoms with Crippen molar-refractivity contribution in [3.8, 4) is 0 Å². The molecule has 0 saturated heterocycles. The number of ether oxygens (including phenoxy) is 4. The van der Waals surface area contributed by atoms with Gasteiger partial charge in [0.05, 0.1) is 51.1 Å². The van der Waals surface area contributed by atoms with Crippen molar-refractivity contribution in [2.75, 3.05) is 52.9 Å². The van der Waals surface area contributed by atoms with Gasteiger partial charge in [-0.15, -0.1) is 0 Å². The molecule has 0 aliphatic heterocycles. The third kappa shape index (κ3) is 16.7. The summed E-state index contributed by atoms with van der Waals surface area (Å²) in [4.78, 5) is 11.8. The molecule has 0 N–H and O–H groups in total. The van der Waals surface area contributed by atoms with E-state index >= 15 is 0 Å². The summed E-state index contributed by atoms with van der Waals surface area (Å²) < 4.78 is 49.9. The Morgan fingerprint density at radius 2 is 1.21 bits per heavy atom. The van der Waals surface area contributed by atoms with E-state index in [1.54, 1.807) is 18.2 Å². The minimum Gasteiger partial charge on any atom is -0.463 e. The SMILES string of the molecule is CCCCCCCCCC(=O)OCCOCCOCCOCCOS(=O)(=O)c1ccccc1. The number of hydrogen-bond acceptors (Lipinski definition) is 8. The van der Waals surface area contributed by atoms with E-state index in [0.29, 0.717) is 39.5 Å². The Bertz CT molecular complexity index is 694. The van der Waals surface area contributed by atoms with E-state index in [0.717, 1.165) is 12.8 Å². The van der Waals surface area contributed by atoms with Crippen LogP contribution in [-0.2, 0) is 38.0 Å². The van der Waals surface area contributed by atoms with Crippen LogP contribution in [0, 0.1) is 0 Å². The maximum atomic E-state index is 11.9. The minimum atomic E-state index is -3.75. The number of carbonyl (C=O) groups is 1. The van der Waals surface area contributed by atoms with Crippen LogP contribution >= 0.6 is 0 Å². The van der Waals surface area contributed by atoms with E-state index in [-0.39, 0.29) is 30.7 Å². The van der Waals surface area contributed by atoms with Crippen LogP contribution in [0.2, 0.25) is 0 Å². The first-order chi connectivity index (χ1) is 16.1. The lowest BCUT2D eigenvalue weighted by Gasteiger charge is -2.08. The van der Waals surface area contributed by atoms with Crippen molar-refractivity contribution >= 4 is 16.1 Å². The molecule has 9 heteroatoms. The molecule has 0 radical (unpaired) electrons. The van der Waals surface area contributed by atoms with E-state index in [2.05, 4.69) is 6.92 Å². The van der Waals surface area contributed by atoms with Gasteiger partial charge in [0.25, 0.3) is 10.1 Å². The van der Waals surface area contributed by atoms with E-state index in [1.807, 2.05) is 0 Å². The van der Waals surface area contributed by atoms with E-state index in [1.165, 1.54) is 44.2 Å². The van der Waals surface area contributed by atoms with Gasteiger partial charge in [-0.3, -0.25) is 8.98 Å². The normalized spacial score (nSPS) is 11.5. The topological polar surface area (TPSA) is 97.4 Å². The molecule has 8 nitrogen and oxygen atoms in total. The van der Waals surface area contributed by atoms with Gasteiger partial charge in [0.2, 0.25) is 0 Å². The molecule has 1 aromatic rings. The highest BCUT2D eigenvalue weighted by Crippen LogP contribution is 2.11. The van der Waals surface area contributed by atoms with Gasteiger partial charge in [-0.2, -0.15) is 8.42 Å². The Morgan fingerprint density at radius 3 is 1.82 bits per heavy atom. The van der Waals surface area contributed by atoms with Gasteiger partial charge in [0.1, 0.15) is 6.61 Å². The smallest absolute Gasteiger partial charge is 0.305 e. The summed E-state index contributed by atoms with van der Waals surface area (Å²) in [6.45, 7) is 4.37. The van der Waals surface area contributed by atoms with Gasteiger partial charge in [-0.1, -0.05) is 63.6 Å². The summed E-state index contributed by atoms with van der Waals surface area (Å²) in [7, 11) is -3.75. The number of unbranched alkanes of at least 4 members (excludes halogenated alkanes) is 6. The third-order valence-electron chi connectivity index (χ3n) is 4.72. The molecule has 0 atom stereocenters. The molecule has 0 fully saturated rings. The molecule has 0 aromatic heterocycles. The van der Waals surface area contributed by atoms with Crippen LogP contribution in [0.4, 0.5) is 0 Å². The van der Waals surface area contributed by atoms with Crippen molar-refractivity contribution in [1.82, 2.24) is 0 Å². The number of benzene rings is 1. The predicted octanol–water partition coefficient (Wildman–Crippen LogP) is 4.13. The molecular formula is C24H40O8S. The zero-order valence-electron chi connectivity index (χ0n) is 19.9. The quantitative estimate of drug-likeness (QED) is 0.137. The van der Waals surface area contributed by atoms with Crippen LogP contribution in [-0.4, -0.2) is 67.2 Å². The molecule has 190 valence electrons. The van der Waals surface area contributed by atoms with Gasteiger partial charge < -0.3 is 18.9 Å². The molecule has 0 bridgehead atoms. The second kappa shape index (κ2) is 19.9. The maximum absolute atomic E-state index is 11.9. The van der Waals surface area contributed by atoms with E-state index < -0.39 is 10.1 Å². The molecule has 1 aromatic carbocycles. The van der Waals surface area contributed by atoms with Gasteiger partial charge in [-0.25, -0.2) is 0 Å². The van der Waals surface area contributed by atoms with Crippen molar-refractivity contribution < 1.29 is 36.3 Å². The van der Waals surface area contributed by atoms with Crippen molar-refractivity contribution in [3.63, 3.8) is 0 Å². The molecule has 0 aliphatic carbocycles. The lowest BCUT2D eigenvalue weighted by Crippen LogP contribution is -2.15. The van der Waals surface area contributed by atoms with Crippen LogP contribution < -0.4 is 0 Å². The average Bonchev–Trinajstić information content (AvgIpc) is 2.82. The van der Waals surface area contributed by atoms with Gasteiger partial charge in [0.15, 0.2) is 0 Å². The summed E-state index contributed by atoms with van der Waals surface area (Å²) in [6, 6.07) is 7.97. The molecular weight excluding hydrogens is 448 g/mol. The summed E-state index contributed by atoms with van der Waals surface area (Å²) in [5.74, 6) is -0.166. The second-order valence-corrected chi connectivity index (χ2v) is 9.13. The fraction of sp³-hybridized carbons (Fsp3) is 0.708. The highest BCUT2D eigenvalue weighted by Gasteiger charge is 2.13. The average molecular weight is 489 g/mol. The molecule has 1 rings (SSSR count). The number of hydrogen-bond donors (Lipinski definition) is 0. The van der Waals surface area contributed by atoms with Crippen molar-refractivity contribution in [2.45, 2.75) is 63.2 Å². The summed E-state index contributed by atoms with van der Waals surface area (Å²) in [5, 5.41) is 0. The summed E-state index contributed by atoms with van der Waals surface area (Å²) >= 11 is 0. The number of rotatable bonds is 22. The van der Waals surface area contributed by atoms with E-state index in [4.69, 9.17) is 23.1 Å². The molecule has 0 unspecified atom stereocenters. The van der Waals surface area contributed by atoms with Gasteiger partial charge in [0, 0.05) is 6.42 Å². The van der Waals surface area contributed by atoms with Crippen LogP contribution in [0.25, 0.3) is 0 Å².